The molecule has 4 N–H and O–H groups in total. The summed E-state index contributed by atoms with van der Waals surface area (Å²) in [7, 11) is 0. The largest absolute Gasteiger partial charge is 0.508 e. The number of aromatic nitrogens is 1. The Balaban J connectivity index is 0.00000189. The number of pyridine rings is 1. The molecule has 0 saturated carbocycles. The third kappa shape index (κ3) is 9.52. The molecule has 1 aromatic heterocycles. The van der Waals surface area contributed by atoms with Crippen molar-refractivity contribution in [1.82, 2.24) is 9.88 Å². The van der Waals surface area contributed by atoms with Crippen molar-refractivity contribution >= 4 is 11.4 Å². The number of ether oxygens (including phenoxy) is 2. The molecule has 7 nitrogen and oxygen atoms in total. The molecule has 2 heterocycles. The van der Waals surface area contributed by atoms with Crippen molar-refractivity contribution in [1.29, 1.82) is 0 Å². The first-order chi connectivity index (χ1) is 20.1. The summed E-state index contributed by atoms with van der Waals surface area (Å²) in [5, 5.41) is 12.8. The van der Waals surface area contributed by atoms with Gasteiger partial charge in [-0.3, -0.25) is 4.90 Å². The van der Waals surface area contributed by atoms with Gasteiger partial charge in [-0.2, -0.15) is 0 Å². The third-order valence-electron chi connectivity index (χ3n) is 7.21. The molecule has 216 valence electrons. The van der Waals surface area contributed by atoms with Crippen molar-refractivity contribution in [3.63, 3.8) is 0 Å². The summed E-state index contributed by atoms with van der Waals surface area (Å²) < 4.78 is 12.2. The van der Waals surface area contributed by atoms with Crippen molar-refractivity contribution in [3.8, 4) is 17.4 Å². The Morgan fingerprint density at radius 3 is 2.24 bits per heavy atom. The van der Waals surface area contributed by atoms with Crippen molar-refractivity contribution in [2.75, 3.05) is 30.9 Å². The van der Waals surface area contributed by atoms with Gasteiger partial charge < -0.3 is 25.6 Å². The molecule has 1 saturated heterocycles. The molecule has 1 unspecified atom stereocenters. The molecule has 3 aromatic carbocycles. The van der Waals surface area contributed by atoms with E-state index >= 15 is 0 Å². The third-order valence-corrected chi connectivity index (χ3v) is 7.21. The maximum Gasteiger partial charge on any atom is 0.219 e. The van der Waals surface area contributed by atoms with Crippen LogP contribution in [-0.4, -0.2) is 40.9 Å². The van der Waals surface area contributed by atoms with Crippen molar-refractivity contribution < 1.29 is 14.6 Å². The van der Waals surface area contributed by atoms with Crippen molar-refractivity contribution in [2.45, 2.75) is 45.8 Å². The fourth-order valence-corrected chi connectivity index (χ4v) is 4.99. The van der Waals surface area contributed by atoms with Gasteiger partial charge in [0.25, 0.3) is 0 Å². The van der Waals surface area contributed by atoms with E-state index in [-0.39, 0.29) is 11.9 Å². The summed E-state index contributed by atoms with van der Waals surface area (Å²) in [6, 6.07) is 29.1. The maximum atomic E-state index is 9.53. The molecule has 0 spiro atoms. The van der Waals surface area contributed by atoms with E-state index in [1.165, 1.54) is 11.1 Å². The predicted octanol–water partition coefficient (Wildman–Crippen LogP) is 7.10. The summed E-state index contributed by atoms with van der Waals surface area (Å²) in [6.45, 7) is 7.40. The zero-order valence-corrected chi connectivity index (χ0v) is 24.1. The van der Waals surface area contributed by atoms with Crippen LogP contribution in [0.15, 0.2) is 97.2 Å². The van der Waals surface area contributed by atoms with E-state index in [2.05, 4.69) is 39.5 Å². The average molecular weight is 555 g/mol. The van der Waals surface area contributed by atoms with Crippen LogP contribution in [0, 0.1) is 5.92 Å². The number of nitrogens with zero attached hydrogens (tertiary/aromatic N) is 2. The first-order valence-electron chi connectivity index (χ1n) is 14.5. The van der Waals surface area contributed by atoms with Gasteiger partial charge in [-0.15, -0.1) is 0 Å². The van der Waals surface area contributed by atoms with Crippen molar-refractivity contribution in [2.24, 2.45) is 5.92 Å². The van der Waals surface area contributed by atoms with Gasteiger partial charge in [-0.05, 0) is 104 Å². The van der Waals surface area contributed by atoms with Crippen LogP contribution in [0.3, 0.4) is 0 Å². The first-order valence-corrected chi connectivity index (χ1v) is 14.5. The van der Waals surface area contributed by atoms with Gasteiger partial charge in [0.1, 0.15) is 18.2 Å². The Hall–Kier alpha value is -4.07. The number of nitrogen functional groups attached to an aromatic ring is 1. The fraction of sp³-hybridized carbons (Fsp3) is 0.324. The minimum atomic E-state index is 0.100. The molecule has 1 aliphatic heterocycles. The number of anilines is 2. The highest BCUT2D eigenvalue weighted by Gasteiger charge is 2.27. The maximum absolute atomic E-state index is 9.53. The number of rotatable bonds is 11. The van der Waals surface area contributed by atoms with Gasteiger partial charge in [0.05, 0.1) is 6.10 Å². The highest BCUT2D eigenvalue weighted by molar-refractivity contribution is 5.45. The lowest BCUT2D eigenvalue weighted by Crippen LogP contribution is -2.39. The number of hydrogen-bond donors (Lipinski definition) is 3. The van der Waals surface area contributed by atoms with E-state index in [0.29, 0.717) is 18.5 Å². The fourth-order valence-electron chi connectivity index (χ4n) is 4.99. The van der Waals surface area contributed by atoms with Crippen LogP contribution in [0.1, 0.15) is 37.8 Å². The molecular weight excluding hydrogens is 512 g/mol. The Morgan fingerprint density at radius 2 is 1.59 bits per heavy atom. The number of benzene rings is 3. The molecule has 4 aromatic rings. The molecule has 1 fully saturated rings. The summed E-state index contributed by atoms with van der Waals surface area (Å²) >= 11 is 0. The molecule has 1 atom stereocenters. The van der Waals surface area contributed by atoms with Crippen LogP contribution < -0.4 is 15.8 Å². The molecule has 0 radical (unpaired) electrons. The quantitative estimate of drug-likeness (QED) is 0.103. The molecule has 0 amide bonds. The lowest BCUT2D eigenvalue weighted by molar-refractivity contribution is -0.00157. The molecule has 41 heavy (non-hydrogen) atoms. The smallest absolute Gasteiger partial charge is 0.219 e. The number of piperidine rings is 1. The van der Waals surface area contributed by atoms with Gasteiger partial charge >= 0.3 is 0 Å². The average Bonchev–Trinajstić information content (AvgIpc) is 3.02. The number of nitrogens with one attached hydrogen (secondary N) is 1. The number of nitrogens with two attached hydrogens (primary N) is 1. The summed E-state index contributed by atoms with van der Waals surface area (Å²) in [5.41, 5.74) is 10.1. The SMILES string of the molecule is CC.Nc1ccc(CC(OCNc2ccc(O)cc2)C2CCN(Cc3ccc(Oc4ccccn4)cc3)CC2)cc1. The highest BCUT2D eigenvalue weighted by atomic mass is 16.5. The molecule has 5 rings (SSSR count). The number of phenols is 1. The Bertz CT molecular complexity index is 1270. The Labute approximate surface area is 244 Å². The number of likely N-dealkylation sites (tertiary alicyclic amines) is 1. The zero-order chi connectivity index (χ0) is 28.9. The van der Waals surface area contributed by atoms with Crippen LogP contribution >= 0.6 is 0 Å². The van der Waals surface area contributed by atoms with E-state index in [9.17, 15) is 5.11 Å². The standard InChI is InChI=1S/C32H36N4O3.C2H6/c33-27-8-4-24(5-9-27)21-31(38-23-35-28-10-12-29(37)13-11-28)26-16-19-36(20-17-26)22-25-6-14-30(15-7-25)39-32-3-1-2-18-34-32;1-2/h1-15,18,26,31,35,37H,16-17,19-23,33H2;1-2H3. The lowest BCUT2D eigenvalue weighted by atomic mass is 9.87. The van der Waals surface area contributed by atoms with Crippen LogP contribution in [0.4, 0.5) is 11.4 Å². The van der Waals surface area contributed by atoms with Crippen LogP contribution in [0.2, 0.25) is 0 Å². The second-order valence-electron chi connectivity index (χ2n) is 10.0. The van der Waals surface area contributed by atoms with E-state index < -0.39 is 0 Å². The predicted molar refractivity (Wildman–Crippen MR) is 166 cm³/mol. The van der Waals surface area contributed by atoms with Crippen LogP contribution in [-0.2, 0) is 17.7 Å². The minimum absolute atomic E-state index is 0.100. The molecule has 0 bridgehead atoms. The second kappa shape index (κ2) is 15.6. The van der Waals surface area contributed by atoms with Crippen molar-refractivity contribution in [3.05, 3.63) is 108 Å². The normalized spacial score (nSPS) is 14.5. The van der Waals surface area contributed by atoms with Gasteiger partial charge in [0.15, 0.2) is 0 Å². The van der Waals surface area contributed by atoms with Gasteiger partial charge in [0, 0.05) is 30.2 Å². The zero-order valence-electron chi connectivity index (χ0n) is 24.1. The van der Waals surface area contributed by atoms with Gasteiger partial charge in [-0.25, -0.2) is 4.98 Å². The molecule has 7 heteroatoms. The molecular formula is C34H42N4O3. The topological polar surface area (TPSA) is 92.9 Å². The van der Waals surface area contributed by atoms with E-state index in [1.807, 2.05) is 68.4 Å². The van der Waals surface area contributed by atoms with Crippen LogP contribution in [0.25, 0.3) is 0 Å². The van der Waals surface area contributed by atoms with E-state index in [4.69, 9.17) is 15.2 Å². The summed E-state index contributed by atoms with van der Waals surface area (Å²) in [5.74, 6) is 2.11. The molecule has 1 aliphatic rings. The highest BCUT2D eigenvalue weighted by Crippen LogP contribution is 2.27. The van der Waals surface area contributed by atoms with E-state index in [1.54, 1.807) is 18.3 Å². The van der Waals surface area contributed by atoms with E-state index in [0.717, 1.165) is 56.0 Å². The second-order valence-corrected chi connectivity index (χ2v) is 10.0. The first kappa shape index (κ1) is 29.9. The summed E-state index contributed by atoms with van der Waals surface area (Å²) in [6.07, 6.45) is 4.84. The van der Waals surface area contributed by atoms with Gasteiger partial charge in [-0.1, -0.05) is 44.2 Å². The van der Waals surface area contributed by atoms with Crippen LogP contribution in [0.5, 0.6) is 17.4 Å². The number of aromatic hydroxyl groups is 1. The van der Waals surface area contributed by atoms with Gasteiger partial charge in [0.2, 0.25) is 5.88 Å². The number of phenolic OH excluding ortho intramolecular Hbond substituents is 1. The monoisotopic (exact) mass is 554 g/mol. The minimum Gasteiger partial charge on any atom is -0.508 e. The lowest BCUT2D eigenvalue weighted by Gasteiger charge is -2.36. The Morgan fingerprint density at radius 1 is 0.902 bits per heavy atom. The number of hydrogen-bond acceptors (Lipinski definition) is 7. The summed E-state index contributed by atoms with van der Waals surface area (Å²) in [4.78, 5) is 6.73. The molecule has 0 aliphatic carbocycles. The Kier molecular flexibility index (Phi) is 11.4.